The molecule has 0 saturated carbocycles. The minimum absolute atomic E-state index is 0.175. The van der Waals surface area contributed by atoms with Crippen LogP contribution in [-0.4, -0.2) is 44.4 Å². The molecule has 2 N–H and O–H groups in total. The fourth-order valence-electron chi connectivity index (χ4n) is 4.32. The fraction of sp³-hybridized carbons (Fsp3) is 0.192. The standard InChI is InChI=1S/C26H21ClF2N2O4/c1-34-23-13-20(28)17(11-21(23)29)25(32)24-18-10-16(19(27)12-22(18)30-26(24)33)14-2-4-15(5-3-14)31-6-8-35-9-7-31/h2-5,10-13,32H,6-9H2,1H3,(H,30,33). The third-order valence-corrected chi connectivity index (χ3v) is 6.45. The predicted octanol–water partition coefficient (Wildman–Crippen LogP) is 5.51. The lowest BCUT2D eigenvalue weighted by atomic mass is 9.96. The van der Waals surface area contributed by atoms with E-state index in [0.717, 1.165) is 36.5 Å². The highest BCUT2D eigenvalue weighted by Gasteiger charge is 2.31. The van der Waals surface area contributed by atoms with Crippen LogP contribution >= 0.6 is 11.6 Å². The summed E-state index contributed by atoms with van der Waals surface area (Å²) in [5.74, 6) is -3.44. The number of benzene rings is 3. The van der Waals surface area contributed by atoms with E-state index in [-0.39, 0.29) is 11.3 Å². The van der Waals surface area contributed by atoms with Gasteiger partial charge in [0.1, 0.15) is 11.6 Å². The first kappa shape index (κ1) is 23.1. The minimum atomic E-state index is -0.928. The third-order valence-electron chi connectivity index (χ3n) is 6.14. The number of ether oxygens (including phenoxy) is 2. The number of nitrogens with one attached hydrogen (secondary N) is 1. The Morgan fingerprint density at radius 3 is 2.46 bits per heavy atom. The molecule has 2 aliphatic heterocycles. The lowest BCUT2D eigenvalue weighted by Crippen LogP contribution is -2.36. The Morgan fingerprint density at radius 2 is 1.77 bits per heavy atom. The second kappa shape index (κ2) is 9.20. The molecule has 0 aliphatic carbocycles. The number of carbonyl (C=O) groups is 1. The maximum atomic E-state index is 14.6. The van der Waals surface area contributed by atoms with Gasteiger partial charge in [-0.05, 0) is 35.9 Å². The molecular weight excluding hydrogens is 478 g/mol. The molecule has 2 heterocycles. The summed E-state index contributed by atoms with van der Waals surface area (Å²) in [6.07, 6.45) is 0. The summed E-state index contributed by atoms with van der Waals surface area (Å²) in [5.41, 5.74) is 2.56. The molecule has 0 spiro atoms. The summed E-state index contributed by atoms with van der Waals surface area (Å²) in [5, 5.41) is 13.9. The van der Waals surface area contributed by atoms with Crippen LogP contribution in [0.3, 0.4) is 0 Å². The molecule has 2 aliphatic rings. The van der Waals surface area contributed by atoms with Crippen LogP contribution < -0.4 is 15.0 Å². The Kier molecular flexibility index (Phi) is 6.08. The lowest BCUT2D eigenvalue weighted by molar-refractivity contribution is -0.110. The number of hydrogen-bond donors (Lipinski definition) is 2. The summed E-state index contributed by atoms with van der Waals surface area (Å²) in [7, 11) is 1.20. The zero-order chi connectivity index (χ0) is 24.7. The van der Waals surface area contributed by atoms with Crippen molar-refractivity contribution in [3.63, 3.8) is 0 Å². The van der Waals surface area contributed by atoms with Crippen LogP contribution in [0, 0.1) is 11.6 Å². The first-order chi connectivity index (χ1) is 16.9. The Morgan fingerprint density at radius 1 is 1.06 bits per heavy atom. The molecule has 1 saturated heterocycles. The molecule has 1 fully saturated rings. The molecule has 5 rings (SSSR count). The number of rotatable bonds is 4. The summed E-state index contributed by atoms with van der Waals surface area (Å²) in [6, 6.07) is 12.7. The van der Waals surface area contributed by atoms with Crippen molar-refractivity contribution in [3.8, 4) is 16.9 Å². The lowest BCUT2D eigenvalue weighted by Gasteiger charge is -2.29. The van der Waals surface area contributed by atoms with Gasteiger partial charge in [-0.1, -0.05) is 23.7 Å². The summed E-state index contributed by atoms with van der Waals surface area (Å²) in [4.78, 5) is 14.9. The first-order valence-electron chi connectivity index (χ1n) is 10.9. The summed E-state index contributed by atoms with van der Waals surface area (Å²) >= 11 is 6.52. The number of amides is 1. The van der Waals surface area contributed by atoms with E-state index in [1.54, 1.807) is 12.1 Å². The van der Waals surface area contributed by atoms with Gasteiger partial charge < -0.3 is 24.8 Å². The van der Waals surface area contributed by atoms with E-state index in [9.17, 15) is 18.7 Å². The van der Waals surface area contributed by atoms with Gasteiger partial charge in [-0.25, -0.2) is 8.78 Å². The minimum Gasteiger partial charge on any atom is -0.506 e. The highest BCUT2D eigenvalue weighted by Crippen LogP contribution is 2.42. The van der Waals surface area contributed by atoms with Gasteiger partial charge in [0, 0.05) is 36.0 Å². The maximum absolute atomic E-state index is 14.6. The van der Waals surface area contributed by atoms with Crippen LogP contribution in [-0.2, 0) is 9.53 Å². The molecule has 0 atom stereocenters. The van der Waals surface area contributed by atoms with Gasteiger partial charge in [0.15, 0.2) is 11.6 Å². The Hall–Kier alpha value is -3.62. The van der Waals surface area contributed by atoms with Crippen LogP contribution in [0.5, 0.6) is 5.75 Å². The van der Waals surface area contributed by atoms with Crippen molar-refractivity contribution < 1.29 is 28.2 Å². The molecule has 0 aromatic heterocycles. The number of carbonyl (C=O) groups excluding carboxylic acids is 1. The van der Waals surface area contributed by atoms with Crippen LogP contribution in [0.25, 0.3) is 22.5 Å². The molecular formula is C26H21ClF2N2O4. The van der Waals surface area contributed by atoms with Crippen molar-refractivity contribution in [2.45, 2.75) is 0 Å². The Bertz CT molecular complexity index is 1350. The van der Waals surface area contributed by atoms with Crippen molar-refractivity contribution in [3.05, 3.63) is 76.3 Å². The van der Waals surface area contributed by atoms with Crippen molar-refractivity contribution in [2.24, 2.45) is 0 Å². The predicted molar refractivity (Wildman–Crippen MR) is 131 cm³/mol. The van der Waals surface area contributed by atoms with Gasteiger partial charge in [0.25, 0.3) is 5.91 Å². The van der Waals surface area contributed by atoms with Crippen molar-refractivity contribution in [1.82, 2.24) is 0 Å². The smallest absolute Gasteiger partial charge is 0.260 e. The summed E-state index contributed by atoms with van der Waals surface area (Å²) < 4.78 is 39.0. The SMILES string of the molecule is COc1cc(F)c(C(O)=C2C(=O)Nc3cc(Cl)c(-c4ccc(N5CCOCC5)cc4)cc32)cc1F. The Balaban J connectivity index is 1.56. The third kappa shape index (κ3) is 4.19. The highest BCUT2D eigenvalue weighted by atomic mass is 35.5. The highest BCUT2D eigenvalue weighted by molar-refractivity contribution is 6.38. The molecule has 35 heavy (non-hydrogen) atoms. The van der Waals surface area contributed by atoms with Gasteiger partial charge in [-0.15, -0.1) is 0 Å². The number of morpholine rings is 1. The molecule has 0 bridgehead atoms. The van der Waals surface area contributed by atoms with E-state index in [4.69, 9.17) is 21.1 Å². The maximum Gasteiger partial charge on any atom is 0.260 e. The molecule has 3 aromatic carbocycles. The van der Waals surface area contributed by atoms with Gasteiger partial charge in [-0.2, -0.15) is 0 Å². The fourth-order valence-corrected chi connectivity index (χ4v) is 4.59. The van der Waals surface area contributed by atoms with Crippen LogP contribution in [0.4, 0.5) is 20.2 Å². The van der Waals surface area contributed by atoms with Crippen molar-refractivity contribution >= 4 is 40.2 Å². The van der Waals surface area contributed by atoms with E-state index in [2.05, 4.69) is 10.2 Å². The number of aliphatic hydroxyl groups is 1. The number of nitrogens with zero attached hydrogens (tertiary/aromatic N) is 1. The van der Waals surface area contributed by atoms with E-state index >= 15 is 0 Å². The average molecular weight is 499 g/mol. The van der Waals surface area contributed by atoms with Crippen molar-refractivity contribution in [2.75, 3.05) is 43.6 Å². The second-order valence-corrected chi connectivity index (χ2v) is 8.58. The number of anilines is 2. The van der Waals surface area contributed by atoms with Crippen LogP contribution in [0.2, 0.25) is 5.02 Å². The Labute approximate surface area is 205 Å². The second-order valence-electron chi connectivity index (χ2n) is 8.17. The molecule has 9 heteroatoms. The van der Waals surface area contributed by atoms with Gasteiger partial charge in [0.2, 0.25) is 0 Å². The number of hydrogen-bond acceptors (Lipinski definition) is 5. The molecule has 180 valence electrons. The van der Waals surface area contributed by atoms with Gasteiger partial charge in [0.05, 0.1) is 42.2 Å². The summed E-state index contributed by atoms with van der Waals surface area (Å²) in [6.45, 7) is 2.97. The molecule has 0 unspecified atom stereocenters. The van der Waals surface area contributed by atoms with E-state index < -0.39 is 28.9 Å². The van der Waals surface area contributed by atoms with E-state index in [1.165, 1.54) is 7.11 Å². The van der Waals surface area contributed by atoms with E-state index in [0.29, 0.717) is 35.1 Å². The molecule has 6 nitrogen and oxygen atoms in total. The number of fused-ring (bicyclic) bond motifs is 1. The van der Waals surface area contributed by atoms with Crippen LogP contribution in [0.15, 0.2) is 48.5 Å². The first-order valence-corrected chi connectivity index (χ1v) is 11.3. The largest absolute Gasteiger partial charge is 0.506 e. The normalized spacial score (nSPS) is 16.7. The molecule has 3 aromatic rings. The number of halogens is 3. The topological polar surface area (TPSA) is 71.0 Å². The molecule has 1 amide bonds. The number of aliphatic hydroxyl groups excluding tert-OH is 1. The van der Waals surface area contributed by atoms with Gasteiger partial charge in [-0.3, -0.25) is 4.79 Å². The van der Waals surface area contributed by atoms with Crippen LogP contribution in [0.1, 0.15) is 11.1 Å². The molecule has 0 radical (unpaired) electrons. The zero-order valence-corrected chi connectivity index (χ0v) is 19.5. The average Bonchev–Trinajstić information content (AvgIpc) is 3.19. The van der Waals surface area contributed by atoms with Crippen molar-refractivity contribution in [1.29, 1.82) is 0 Å². The monoisotopic (exact) mass is 498 g/mol. The quantitative estimate of drug-likeness (QED) is 0.367. The van der Waals surface area contributed by atoms with Gasteiger partial charge >= 0.3 is 0 Å². The van der Waals surface area contributed by atoms with E-state index in [1.807, 2.05) is 24.3 Å². The zero-order valence-electron chi connectivity index (χ0n) is 18.7. The number of methoxy groups -OCH3 is 1.